The molecule has 2 aliphatic rings. The normalized spacial score (nSPS) is 12.9. The Bertz CT molecular complexity index is 6110. The lowest BCUT2D eigenvalue weighted by atomic mass is 9.70. The topological polar surface area (TPSA) is 32.8 Å². The van der Waals surface area contributed by atoms with Crippen molar-refractivity contribution in [2.45, 2.75) is 12.3 Å². The fraction of sp³-hybridized carbons (Fsp3) is 0.0217. The summed E-state index contributed by atoms with van der Waals surface area (Å²) in [5.74, 6) is 0. The number of rotatable bonds is 10. The van der Waals surface area contributed by atoms with Gasteiger partial charge in [-0.3, -0.25) is 0 Å². The number of aryl methyl sites for hydroxylation is 1. The van der Waals surface area contributed by atoms with Gasteiger partial charge in [0.05, 0.1) is 11.1 Å². The first-order chi connectivity index (χ1) is 48.0. The maximum absolute atomic E-state index is 6.96. The summed E-state index contributed by atoms with van der Waals surface area (Å²) < 4.78 is 13.5. The van der Waals surface area contributed by atoms with E-state index in [9.17, 15) is 0 Å². The van der Waals surface area contributed by atoms with Gasteiger partial charge in [-0.05, 0) is 196 Å². The smallest absolute Gasteiger partial charge is 0.179 e. The second kappa shape index (κ2) is 21.4. The monoisotopic (exact) mass is 1250 g/mol. The molecule has 0 aliphatic heterocycles. The maximum atomic E-state index is 6.96. The Labute approximate surface area is 562 Å². The van der Waals surface area contributed by atoms with Crippen molar-refractivity contribution < 1.29 is 8.83 Å². The number of benzene rings is 16. The molecule has 2 aromatic heterocycles. The van der Waals surface area contributed by atoms with E-state index in [0.29, 0.717) is 0 Å². The summed E-state index contributed by atoms with van der Waals surface area (Å²) >= 11 is 0. The fourth-order valence-corrected chi connectivity index (χ4v) is 21.8. The van der Waals surface area contributed by atoms with Crippen LogP contribution in [0.2, 0.25) is 0 Å². The van der Waals surface area contributed by atoms with Crippen molar-refractivity contribution in [3.63, 3.8) is 0 Å². The standard InChI is InChI=1S/C92H60N2O2Si/c1-59-37-47-87-78(51-59)79-54-66(43-48-88(79)95-87)93(64-40-38-60-21-11-13-23-62(60)52-64)68-42-46-77-84(56-68)92(82-35-19-17-31-73(82)74-32-18-20-36-83(74)92)85-58-86(75-33-15-16-34-76(75)91(77)85)94(65-41-39-61-22-12-14-24-63(61)53-65)67-44-49-89-80(55-67)81-57-72(45-50-90(81)96-89)97(69-25-5-2-6-26-69,70-27-7-3-8-28-70)71-29-9-4-10-30-71/h2-58H,1H3. The molecule has 454 valence electrons. The third-order valence-electron chi connectivity index (χ3n) is 21.2. The molecule has 5 heteroatoms. The first-order valence-electron chi connectivity index (χ1n) is 33.5. The summed E-state index contributed by atoms with van der Waals surface area (Å²) in [5, 5.41) is 16.7. The molecule has 16 aromatic carbocycles. The average molecular weight is 1250 g/mol. The maximum Gasteiger partial charge on any atom is 0.179 e. The van der Waals surface area contributed by atoms with Gasteiger partial charge in [-0.1, -0.05) is 254 Å². The third-order valence-corrected chi connectivity index (χ3v) is 25.9. The highest BCUT2D eigenvalue weighted by molar-refractivity contribution is 7.20. The second-order valence-electron chi connectivity index (χ2n) is 26.3. The highest BCUT2D eigenvalue weighted by atomic mass is 28.3. The van der Waals surface area contributed by atoms with Gasteiger partial charge in [0.15, 0.2) is 8.07 Å². The van der Waals surface area contributed by atoms with E-state index in [1.807, 2.05) is 0 Å². The molecule has 20 rings (SSSR count). The van der Waals surface area contributed by atoms with Crippen LogP contribution in [0.1, 0.15) is 27.8 Å². The molecule has 0 amide bonds. The van der Waals surface area contributed by atoms with Crippen LogP contribution in [0.15, 0.2) is 355 Å². The number of fused-ring (bicyclic) bond motifs is 20. The number of nitrogens with zero attached hydrogens (tertiary/aromatic N) is 2. The molecule has 0 unspecified atom stereocenters. The van der Waals surface area contributed by atoms with E-state index in [1.54, 1.807) is 0 Å². The van der Waals surface area contributed by atoms with E-state index in [2.05, 4.69) is 363 Å². The molecule has 0 radical (unpaired) electrons. The minimum Gasteiger partial charge on any atom is -0.456 e. The lowest BCUT2D eigenvalue weighted by Crippen LogP contribution is -2.74. The lowest BCUT2D eigenvalue weighted by Gasteiger charge is -2.34. The highest BCUT2D eigenvalue weighted by Gasteiger charge is 2.53. The molecule has 4 nitrogen and oxygen atoms in total. The quantitative estimate of drug-likeness (QED) is 0.101. The van der Waals surface area contributed by atoms with Crippen LogP contribution in [0.5, 0.6) is 0 Å². The van der Waals surface area contributed by atoms with Gasteiger partial charge in [-0.2, -0.15) is 0 Å². The lowest BCUT2D eigenvalue weighted by molar-refractivity contribution is 0.668. The Morgan fingerprint density at radius 1 is 0.258 bits per heavy atom. The molecule has 1 spiro atoms. The summed E-state index contributed by atoms with van der Waals surface area (Å²) in [5.41, 5.74) is 20.3. The second-order valence-corrected chi connectivity index (χ2v) is 30.1. The number of hydrogen-bond acceptors (Lipinski definition) is 4. The Kier molecular flexibility index (Phi) is 12.2. The van der Waals surface area contributed by atoms with Crippen molar-refractivity contribution in [1.29, 1.82) is 0 Å². The van der Waals surface area contributed by atoms with Gasteiger partial charge in [0, 0.05) is 55.4 Å². The van der Waals surface area contributed by atoms with Crippen LogP contribution in [-0.2, 0) is 5.41 Å². The van der Waals surface area contributed by atoms with E-state index in [1.165, 1.54) is 97.7 Å². The van der Waals surface area contributed by atoms with Gasteiger partial charge >= 0.3 is 0 Å². The van der Waals surface area contributed by atoms with E-state index < -0.39 is 13.5 Å². The third kappa shape index (κ3) is 8.16. The van der Waals surface area contributed by atoms with Crippen LogP contribution < -0.4 is 30.5 Å². The predicted molar refractivity (Wildman–Crippen MR) is 408 cm³/mol. The molecular weight excluding hydrogens is 1190 g/mol. The zero-order chi connectivity index (χ0) is 63.9. The van der Waals surface area contributed by atoms with E-state index >= 15 is 0 Å². The largest absolute Gasteiger partial charge is 0.456 e. The molecule has 0 N–H and O–H groups in total. The predicted octanol–water partition coefficient (Wildman–Crippen LogP) is 21.9. The Morgan fingerprint density at radius 2 is 0.680 bits per heavy atom. The number of anilines is 6. The zero-order valence-corrected chi connectivity index (χ0v) is 54.1. The molecule has 18 aromatic rings. The van der Waals surface area contributed by atoms with Crippen molar-refractivity contribution in [2.24, 2.45) is 0 Å². The molecule has 2 aliphatic carbocycles. The molecule has 0 saturated carbocycles. The molecule has 97 heavy (non-hydrogen) atoms. The first kappa shape index (κ1) is 55.2. The molecule has 0 saturated heterocycles. The molecule has 2 heterocycles. The van der Waals surface area contributed by atoms with E-state index in [0.717, 1.165) is 83.4 Å². The van der Waals surface area contributed by atoms with Gasteiger partial charge in [0.2, 0.25) is 0 Å². The average Bonchev–Trinajstić information content (AvgIpc) is 1.50. The van der Waals surface area contributed by atoms with Crippen LogP contribution >= 0.6 is 0 Å². The van der Waals surface area contributed by atoms with Gasteiger partial charge in [0.1, 0.15) is 22.3 Å². The van der Waals surface area contributed by atoms with Crippen LogP contribution in [0.3, 0.4) is 0 Å². The first-order valence-corrected chi connectivity index (χ1v) is 35.5. The van der Waals surface area contributed by atoms with Gasteiger partial charge in [0.25, 0.3) is 0 Å². The number of furan rings is 2. The van der Waals surface area contributed by atoms with Crippen molar-refractivity contribution in [3.05, 3.63) is 374 Å². The minimum absolute atomic E-state index is 0.743. The summed E-state index contributed by atoms with van der Waals surface area (Å²) in [6.07, 6.45) is 0. The van der Waals surface area contributed by atoms with Crippen LogP contribution in [0, 0.1) is 6.92 Å². The van der Waals surface area contributed by atoms with Crippen molar-refractivity contribution >= 4 is 139 Å². The summed E-state index contributed by atoms with van der Waals surface area (Å²) in [7, 11) is -2.91. The minimum atomic E-state index is -2.91. The molecule has 0 bridgehead atoms. The van der Waals surface area contributed by atoms with E-state index in [-0.39, 0.29) is 0 Å². The van der Waals surface area contributed by atoms with Gasteiger partial charge in [-0.15, -0.1) is 0 Å². The van der Waals surface area contributed by atoms with Gasteiger partial charge in [-0.25, -0.2) is 0 Å². The summed E-state index contributed by atoms with van der Waals surface area (Å²) in [6.45, 7) is 2.15. The van der Waals surface area contributed by atoms with Crippen LogP contribution in [0.4, 0.5) is 34.1 Å². The van der Waals surface area contributed by atoms with Crippen LogP contribution in [-0.4, -0.2) is 8.07 Å². The Hall–Kier alpha value is -12.3. The highest BCUT2D eigenvalue weighted by Crippen LogP contribution is 2.66. The van der Waals surface area contributed by atoms with Crippen LogP contribution in [0.25, 0.3) is 98.4 Å². The van der Waals surface area contributed by atoms with E-state index in [4.69, 9.17) is 8.83 Å². The molecule has 0 fully saturated rings. The molecular formula is C92H60N2O2Si. The van der Waals surface area contributed by atoms with Crippen molar-refractivity contribution in [3.8, 4) is 22.3 Å². The zero-order valence-electron chi connectivity index (χ0n) is 53.1. The Morgan fingerprint density at radius 3 is 1.27 bits per heavy atom. The van der Waals surface area contributed by atoms with Crippen molar-refractivity contribution in [2.75, 3.05) is 9.80 Å². The Balaban J connectivity index is 0.841. The number of hydrogen-bond donors (Lipinski definition) is 0. The fourth-order valence-electron chi connectivity index (χ4n) is 17.0. The SMILES string of the molecule is Cc1ccc2oc3ccc(N(c4ccc5c(c4)C4(c6ccccc6-c6ccccc64)c4cc(N(c6ccc7ccccc7c6)c6ccc7oc8ccc([Si](c9ccccc9)(c9ccccc9)c9ccccc9)cc8c7c6)c6ccccc6c4-5)c4ccc5ccccc5c4)cc3c2c1. The summed E-state index contributed by atoms with van der Waals surface area (Å²) in [4.78, 5) is 4.99. The molecule has 0 atom stereocenters. The van der Waals surface area contributed by atoms with Crippen molar-refractivity contribution in [1.82, 2.24) is 0 Å². The summed E-state index contributed by atoms with van der Waals surface area (Å²) in [6, 6.07) is 129. The van der Waals surface area contributed by atoms with Gasteiger partial charge < -0.3 is 18.6 Å².